The molecule has 2 aromatic rings. The maximum Gasteiger partial charge on any atom is 0.191 e. The summed E-state index contributed by atoms with van der Waals surface area (Å²) in [7, 11) is 1.79. The molecule has 0 radical (unpaired) electrons. The van der Waals surface area contributed by atoms with Crippen LogP contribution in [-0.2, 0) is 13.0 Å². The average molecular weight is 410 g/mol. The van der Waals surface area contributed by atoms with E-state index in [0.29, 0.717) is 0 Å². The van der Waals surface area contributed by atoms with Gasteiger partial charge in [-0.25, -0.2) is 0 Å². The van der Waals surface area contributed by atoms with E-state index in [1.54, 1.807) is 7.05 Å². The summed E-state index contributed by atoms with van der Waals surface area (Å²) in [5, 5.41) is 6.65. The molecule has 1 aromatic carbocycles. The van der Waals surface area contributed by atoms with Crippen LogP contribution in [-0.4, -0.2) is 24.5 Å². The summed E-state index contributed by atoms with van der Waals surface area (Å²) in [5.41, 5.74) is 3.79. The minimum atomic E-state index is 0. The van der Waals surface area contributed by atoms with Crippen molar-refractivity contribution < 1.29 is 0 Å². The Kier molecular flexibility index (Phi) is 8.50. The summed E-state index contributed by atoms with van der Waals surface area (Å²) in [6.07, 6.45) is 4.70. The van der Waals surface area contributed by atoms with Gasteiger partial charge in [0.1, 0.15) is 0 Å². The largest absolute Gasteiger partial charge is 0.356 e. The van der Waals surface area contributed by atoms with Gasteiger partial charge in [-0.15, -0.1) is 24.0 Å². The number of benzene rings is 1. The number of rotatable bonds is 5. The van der Waals surface area contributed by atoms with Gasteiger partial charge in [-0.3, -0.25) is 9.98 Å². The number of guanidine groups is 1. The van der Waals surface area contributed by atoms with Crippen LogP contribution in [0.2, 0.25) is 0 Å². The van der Waals surface area contributed by atoms with Gasteiger partial charge in [-0.05, 0) is 36.1 Å². The minimum absolute atomic E-state index is 0. The third-order valence-electron chi connectivity index (χ3n) is 3.35. The van der Waals surface area contributed by atoms with Crippen molar-refractivity contribution >= 4 is 29.9 Å². The first-order valence-corrected chi connectivity index (χ1v) is 7.17. The summed E-state index contributed by atoms with van der Waals surface area (Å²) < 4.78 is 0. The Morgan fingerprint density at radius 1 is 1.14 bits per heavy atom. The Labute approximate surface area is 149 Å². The maximum atomic E-state index is 4.24. The fourth-order valence-electron chi connectivity index (χ4n) is 2.10. The molecule has 5 heteroatoms. The third-order valence-corrected chi connectivity index (χ3v) is 3.35. The fourth-order valence-corrected chi connectivity index (χ4v) is 2.10. The zero-order valence-electron chi connectivity index (χ0n) is 13.0. The lowest BCUT2D eigenvalue weighted by molar-refractivity contribution is 0.792. The van der Waals surface area contributed by atoms with Gasteiger partial charge in [0.05, 0.1) is 0 Å². The molecule has 118 valence electrons. The Bertz CT molecular complexity index is 584. The van der Waals surface area contributed by atoms with Gasteiger partial charge in [0.15, 0.2) is 5.96 Å². The van der Waals surface area contributed by atoms with Crippen LogP contribution in [0.4, 0.5) is 0 Å². The van der Waals surface area contributed by atoms with Crippen LogP contribution in [0.25, 0.3) is 0 Å². The highest BCUT2D eigenvalue weighted by Crippen LogP contribution is 2.04. The normalized spacial score (nSPS) is 10.7. The maximum absolute atomic E-state index is 4.24. The van der Waals surface area contributed by atoms with E-state index in [-0.39, 0.29) is 24.0 Å². The van der Waals surface area contributed by atoms with E-state index < -0.39 is 0 Å². The number of aromatic nitrogens is 1. The molecule has 2 N–H and O–H groups in total. The summed E-state index contributed by atoms with van der Waals surface area (Å²) in [6.45, 7) is 3.71. The van der Waals surface area contributed by atoms with E-state index >= 15 is 0 Å². The number of nitrogens with one attached hydrogen (secondary N) is 2. The number of halogens is 1. The van der Waals surface area contributed by atoms with E-state index in [4.69, 9.17) is 0 Å². The molecule has 0 saturated carbocycles. The molecule has 0 spiro atoms. The molecule has 22 heavy (non-hydrogen) atoms. The highest BCUT2D eigenvalue weighted by molar-refractivity contribution is 14.0. The Hall–Kier alpha value is -1.63. The number of aliphatic imine (C=N–C) groups is 1. The van der Waals surface area contributed by atoms with E-state index in [9.17, 15) is 0 Å². The van der Waals surface area contributed by atoms with Gasteiger partial charge in [0.25, 0.3) is 0 Å². The third kappa shape index (κ3) is 6.01. The lowest BCUT2D eigenvalue weighted by Crippen LogP contribution is -2.37. The smallest absolute Gasteiger partial charge is 0.191 e. The van der Waals surface area contributed by atoms with Gasteiger partial charge in [0.2, 0.25) is 0 Å². The molecule has 0 bridgehead atoms. The molecule has 2 rings (SSSR count). The van der Waals surface area contributed by atoms with E-state index in [0.717, 1.165) is 25.5 Å². The molecule has 0 saturated heterocycles. The highest BCUT2D eigenvalue weighted by Gasteiger charge is 2.00. The van der Waals surface area contributed by atoms with E-state index in [1.165, 1.54) is 16.7 Å². The van der Waals surface area contributed by atoms with Crippen molar-refractivity contribution in [1.29, 1.82) is 0 Å². The Morgan fingerprint density at radius 2 is 1.91 bits per heavy atom. The molecule has 0 aliphatic carbocycles. The monoisotopic (exact) mass is 410 g/mol. The summed E-state index contributed by atoms with van der Waals surface area (Å²) in [6, 6.07) is 12.4. The molecular weight excluding hydrogens is 387 g/mol. The van der Waals surface area contributed by atoms with Crippen LogP contribution in [0.1, 0.15) is 16.7 Å². The molecule has 0 fully saturated rings. The quantitative estimate of drug-likeness (QED) is 0.453. The highest BCUT2D eigenvalue weighted by atomic mass is 127. The topological polar surface area (TPSA) is 49.3 Å². The second-order valence-electron chi connectivity index (χ2n) is 4.89. The van der Waals surface area contributed by atoms with Gasteiger partial charge in [-0.1, -0.05) is 30.3 Å². The second kappa shape index (κ2) is 10.2. The van der Waals surface area contributed by atoms with Crippen molar-refractivity contribution in [2.24, 2.45) is 4.99 Å². The zero-order valence-corrected chi connectivity index (χ0v) is 15.4. The number of nitrogens with zero attached hydrogens (tertiary/aromatic N) is 2. The van der Waals surface area contributed by atoms with Gasteiger partial charge in [-0.2, -0.15) is 0 Å². The lowest BCUT2D eigenvalue weighted by atomic mass is 10.1. The predicted octanol–water partition coefficient (Wildman–Crippen LogP) is 2.92. The Morgan fingerprint density at radius 3 is 2.59 bits per heavy atom. The van der Waals surface area contributed by atoms with Gasteiger partial charge < -0.3 is 10.6 Å². The average Bonchev–Trinajstić information content (AvgIpc) is 2.53. The number of hydrogen-bond donors (Lipinski definition) is 2. The minimum Gasteiger partial charge on any atom is -0.356 e. The number of aryl methyl sites for hydroxylation is 1. The van der Waals surface area contributed by atoms with Crippen LogP contribution in [0.5, 0.6) is 0 Å². The van der Waals surface area contributed by atoms with Crippen molar-refractivity contribution in [3.05, 3.63) is 65.5 Å². The molecule has 0 aliphatic heterocycles. The van der Waals surface area contributed by atoms with Gasteiger partial charge >= 0.3 is 0 Å². The number of hydrogen-bond acceptors (Lipinski definition) is 2. The zero-order chi connectivity index (χ0) is 14.9. The lowest BCUT2D eigenvalue weighted by Gasteiger charge is -2.12. The Balaban J connectivity index is 0.00000242. The molecule has 1 aromatic heterocycles. The number of pyridine rings is 1. The van der Waals surface area contributed by atoms with Gasteiger partial charge in [0, 0.05) is 32.5 Å². The van der Waals surface area contributed by atoms with Crippen LogP contribution < -0.4 is 10.6 Å². The molecule has 0 unspecified atom stereocenters. The first-order chi connectivity index (χ1) is 10.3. The first kappa shape index (κ1) is 18.4. The molecule has 0 amide bonds. The standard InChI is InChI=1S/C17H22N4.HI/c1-14-12-19-10-8-16(14)9-11-20-17(18-2)21-13-15-6-4-3-5-7-15;/h3-8,10,12H,9,11,13H2,1-2H3,(H2,18,20,21);1H. The van der Waals surface area contributed by atoms with Crippen molar-refractivity contribution in [2.45, 2.75) is 19.9 Å². The van der Waals surface area contributed by atoms with Crippen molar-refractivity contribution in [1.82, 2.24) is 15.6 Å². The fraction of sp³-hybridized carbons (Fsp3) is 0.294. The van der Waals surface area contributed by atoms with Crippen molar-refractivity contribution in [3.63, 3.8) is 0 Å². The predicted molar refractivity (Wildman–Crippen MR) is 103 cm³/mol. The molecule has 4 nitrogen and oxygen atoms in total. The summed E-state index contributed by atoms with van der Waals surface area (Å²) in [5.74, 6) is 0.825. The van der Waals surface area contributed by atoms with Crippen LogP contribution in [0.3, 0.4) is 0 Å². The first-order valence-electron chi connectivity index (χ1n) is 7.17. The van der Waals surface area contributed by atoms with Crippen molar-refractivity contribution in [3.8, 4) is 0 Å². The van der Waals surface area contributed by atoms with E-state index in [1.807, 2.05) is 30.6 Å². The van der Waals surface area contributed by atoms with Crippen molar-refractivity contribution in [2.75, 3.05) is 13.6 Å². The second-order valence-corrected chi connectivity index (χ2v) is 4.89. The summed E-state index contributed by atoms with van der Waals surface area (Å²) >= 11 is 0. The van der Waals surface area contributed by atoms with Crippen LogP contribution in [0.15, 0.2) is 53.8 Å². The van der Waals surface area contributed by atoms with Crippen LogP contribution >= 0.6 is 24.0 Å². The van der Waals surface area contributed by atoms with Crippen LogP contribution in [0, 0.1) is 6.92 Å². The summed E-state index contributed by atoms with van der Waals surface area (Å²) in [4.78, 5) is 8.35. The molecular formula is C17H23IN4. The molecule has 1 heterocycles. The van der Waals surface area contributed by atoms with E-state index in [2.05, 4.69) is 45.7 Å². The SMILES string of the molecule is CN=C(NCCc1ccncc1C)NCc1ccccc1.I. The molecule has 0 atom stereocenters. The molecule has 0 aliphatic rings.